The van der Waals surface area contributed by atoms with Crippen LogP contribution in [0.5, 0.6) is 11.6 Å². The van der Waals surface area contributed by atoms with E-state index in [1.165, 1.54) is 12.1 Å². The summed E-state index contributed by atoms with van der Waals surface area (Å²) < 4.78 is 18.9. The molecule has 19 heavy (non-hydrogen) atoms. The van der Waals surface area contributed by atoms with E-state index < -0.39 is 5.82 Å². The molecule has 2 nitrogen and oxygen atoms in total. The maximum atomic E-state index is 13.6. The molecule has 0 aliphatic rings. The molecule has 0 saturated carbocycles. The second-order valence-corrected chi connectivity index (χ2v) is 5.16. The van der Waals surface area contributed by atoms with E-state index in [1.54, 1.807) is 18.3 Å². The summed E-state index contributed by atoms with van der Waals surface area (Å²) in [7, 11) is 0. The number of rotatable bonds is 4. The van der Waals surface area contributed by atoms with Gasteiger partial charge in [-0.2, -0.15) is 0 Å². The van der Waals surface area contributed by atoms with Gasteiger partial charge in [0.05, 0.1) is 5.02 Å². The van der Waals surface area contributed by atoms with Crippen LogP contribution in [0, 0.1) is 11.7 Å². The number of para-hydroxylation sites is 1. The Bertz CT molecular complexity index is 534. The predicted octanol–water partition coefficient (Wildman–Crippen LogP) is 4.86. The number of aromatic nitrogens is 1. The number of hydrogen-bond donors (Lipinski definition) is 0. The monoisotopic (exact) mass is 279 g/mol. The lowest BCUT2D eigenvalue weighted by Crippen LogP contribution is -1.96. The quantitative estimate of drug-likeness (QED) is 0.797. The lowest BCUT2D eigenvalue weighted by Gasteiger charge is -2.09. The van der Waals surface area contributed by atoms with Crippen LogP contribution in [-0.4, -0.2) is 4.98 Å². The van der Waals surface area contributed by atoms with E-state index >= 15 is 0 Å². The lowest BCUT2D eigenvalue weighted by molar-refractivity contribution is 0.427. The molecule has 100 valence electrons. The molecular weight excluding hydrogens is 265 g/mol. The van der Waals surface area contributed by atoms with Crippen molar-refractivity contribution in [3.05, 3.63) is 52.9 Å². The zero-order valence-corrected chi connectivity index (χ0v) is 11.6. The minimum atomic E-state index is -0.499. The van der Waals surface area contributed by atoms with Crippen LogP contribution < -0.4 is 4.74 Å². The highest BCUT2D eigenvalue weighted by Crippen LogP contribution is 2.31. The van der Waals surface area contributed by atoms with Crippen LogP contribution in [0.4, 0.5) is 4.39 Å². The van der Waals surface area contributed by atoms with Gasteiger partial charge < -0.3 is 4.74 Å². The zero-order valence-electron chi connectivity index (χ0n) is 10.9. The molecule has 0 spiro atoms. The molecule has 1 aromatic heterocycles. The maximum absolute atomic E-state index is 13.6. The Morgan fingerprint density at radius 3 is 2.63 bits per heavy atom. The summed E-state index contributed by atoms with van der Waals surface area (Å²) in [4.78, 5) is 4.16. The summed E-state index contributed by atoms with van der Waals surface area (Å²) in [5.41, 5.74) is 1.13. The Morgan fingerprint density at radius 2 is 2.05 bits per heavy atom. The molecule has 1 heterocycles. The Balaban J connectivity index is 2.15. The van der Waals surface area contributed by atoms with Crippen molar-refractivity contribution >= 4 is 11.6 Å². The summed E-state index contributed by atoms with van der Waals surface area (Å²) in [5.74, 6) is 0.405. The third kappa shape index (κ3) is 3.67. The lowest BCUT2D eigenvalue weighted by atomic mass is 10.1. The van der Waals surface area contributed by atoms with Gasteiger partial charge in [0.25, 0.3) is 0 Å². The van der Waals surface area contributed by atoms with Crippen molar-refractivity contribution in [3.63, 3.8) is 0 Å². The van der Waals surface area contributed by atoms with Gasteiger partial charge in [0.15, 0.2) is 11.6 Å². The Hall–Kier alpha value is -1.61. The normalized spacial score (nSPS) is 10.8. The molecule has 4 heteroatoms. The fourth-order valence-electron chi connectivity index (χ4n) is 1.75. The summed E-state index contributed by atoms with van der Waals surface area (Å²) in [5, 5.41) is 0.230. The average molecular weight is 280 g/mol. The minimum Gasteiger partial charge on any atom is -0.434 e. The van der Waals surface area contributed by atoms with Gasteiger partial charge in [-0.15, -0.1) is 0 Å². The van der Waals surface area contributed by atoms with Gasteiger partial charge >= 0.3 is 0 Å². The zero-order chi connectivity index (χ0) is 13.8. The Morgan fingerprint density at radius 1 is 1.26 bits per heavy atom. The van der Waals surface area contributed by atoms with Crippen molar-refractivity contribution in [2.75, 3.05) is 0 Å². The highest BCUT2D eigenvalue weighted by Gasteiger charge is 2.10. The van der Waals surface area contributed by atoms with Crippen molar-refractivity contribution in [1.29, 1.82) is 0 Å². The van der Waals surface area contributed by atoms with Crippen LogP contribution >= 0.6 is 11.6 Å². The number of nitrogens with zero attached hydrogens (tertiary/aromatic N) is 1. The van der Waals surface area contributed by atoms with Crippen molar-refractivity contribution in [2.24, 2.45) is 5.92 Å². The topological polar surface area (TPSA) is 22.1 Å². The van der Waals surface area contributed by atoms with E-state index in [1.807, 2.05) is 6.07 Å². The van der Waals surface area contributed by atoms with Crippen LogP contribution in [0.3, 0.4) is 0 Å². The van der Waals surface area contributed by atoms with Crippen LogP contribution in [0.25, 0.3) is 0 Å². The highest BCUT2D eigenvalue weighted by molar-refractivity contribution is 6.32. The number of pyridine rings is 1. The van der Waals surface area contributed by atoms with Crippen molar-refractivity contribution in [3.8, 4) is 11.6 Å². The summed E-state index contributed by atoms with van der Waals surface area (Å²) in [6.07, 6.45) is 2.69. The minimum absolute atomic E-state index is 0.00766. The molecule has 0 aliphatic carbocycles. The molecular formula is C15H15ClFNO. The maximum Gasteiger partial charge on any atom is 0.219 e. The second-order valence-electron chi connectivity index (χ2n) is 4.76. The molecule has 0 radical (unpaired) electrons. The van der Waals surface area contributed by atoms with Crippen molar-refractivity contribution in [1.82, 2.24) is 4.98 Å². The van der Waals surface area contributed by atoms with E-state index in [2.05, 4.69) is 18.8 Å². The molecule has 0 unspecified atom stereocenters. The highest BCUT2D eigenvalue weighted by atomic mass is 35.5. The Kier molecular flexibility index (Phi) is 4.38. The number of halogens is 2. The molecule has 2 rings (SSSR count). The van der Waals surface area contributed by atoms with Gasteiger partial charge in [-0.1, -0.05) is 37.6 Å². The van der Waals surface area contributed by atoms with E-state index in [0.29, 0.717) is 11.8 Å². The molecule has 0 amide bonds. The third-order valence-corrected chi connectivity index (χ3v) is 2.86. The molecule has 0 bridgehead atoms. The van der Waals surface area contributed by atoms with Gasteiger partial charge in [-0.3, -0.25) is 0 Å². The number of hydrogen-bond acceptors (Lipinski definition) is 2. The average Bonchev–Trinajstić information content (AvgIpc) is 2.35. The first-order valence-corrected chi connectivity index (χ1v) is 6.51. The number of ether oxygens (including phenoxy) is 1. The van der Waals surface area contributed by atoms with Gasteiger partial charge in [0.1, 0.15) is 0 Å². The molecule has 0 aliphatic heterocycles. The molecule has 1 aromatic carbocycles. The van der Waals surface area contributed by atoms with Crippen LogP contribution in [-0.2, 0) is 6.42 Å². The standard InChI is InChI=1S/C15H15ClFNO/c1-10(2)8-11-6-7-14(18-9-11)19-15-12(16)4-3-5-13(15)17/h3-7,9-10H,8H2,1-2H3. The molecule has 0 atom stereocenters. The van der Waals surface area contributed by atoms with Crippen molar-refractivity contribution < 1.29 is 9.13 Å². The molecule has 0 N–H and O–H groups in total. The van der Waals surface area contributed by atoms with Gasteiger partial charge in [0.2, 0.25) is 5.88 Å². The first kappa shape index (κ1) is 13.8. The first-order valence-electron chi connectivity index (χ1n) is 6.13. The van der Waals surface area contributed by atoms with Gasteiger partial charge in [0, 0.05) is 12.3 Å². The first-order chi connectivity index (χ1) is 9.06. The van der Waals surface area contributed by atoms with Crippen molar-refractivity contribution in [2.45, 2.75) is 20.3 Å². The molecule has 0 fully saturated rings. The third-order valence-electron chi connectivity index (χ3n) is 2.57. The van der Waals surface area contributed by atoms with Gasteiger partial charge in [-0.25, -0.2) is 9.37 Å². The van der Waals surface area contributed by atoms with E-state index in [9.17, 15) is 4.39 Å². The fraction of sp³-hybridized carbons (Fsp3) is 0.267. The van der Waals surface area contributed by atoms with Crippen LogP contribution in [0.15, 0.2) is 36.5 Å². The molecule has 0 saturated heterocycles. The summed E-state index contributed by atoms with van der Waals surface area (Å²) in [6.45, 7) is 4.28. The smallest absolute Gasteiger partial charge is 0.219 e. The summed E-state index contributed by atoms with van der Waals surface area (Å²) in [6, 6.07) is 8.06. The predicted molar refractivity (Wildman–Crippen MR) is 74.3 cm³/mol. The van der Waals surface area contributed by atoms with Crippen LogP contribution in [0.2, 0.25) is 5.02 Å². The van der Waals surface area contributed by atoms with Gasteiger partial charge in [-0.05, 0) is 30.0 Å². The van der Waals surface area contributed by atoms with E-state index in [4.69, 9.17) is 16.3 Å². The van der Waals surface area contributed by atoms with E-state index in [-0.39, 0.29) is 10.8 Å². The largest absolute Gasteiger partial charge is 0.434 e. The second kappa shape index (κ2) is 6.02. The van der Waals surface area contributed by atoms with E-state index in [0.717, 1.165) is 12.0 Å². The SMILES string of the molecule is CC(C)Cc1ccc(Oc2c(F)cccc2Cl)nc1. The molecule has 2 aromatic rings. The van der Waals surface area contributed by atoms with Crippen LogP contribution in [0.1, 0.15) is 19.4 Å². The summed E-state index contributed by atoms with van der Waals surface area (Å²) >= 11 is 5.89. The number of benzene rings is 1. The fourth-order valence-corrected chi connectivity index (χ4v) is 1.95. The Labute approximate surface area is 117 Å².